The van der Waals surface area contributed by atoms with Gasteiger partial charge in [0.2, 0.25) is 11.8 Å². The number of piperazine rings is 1. The van der Waals surface area contributed by atoms with E-state index >= 15 is 0 Å². The molecule has 1 heterocycles. The summed E-state index contributed by atoms with van der Waals surface area (Å²) < 4.78 is 10.3. The van der Waals surface area contributed by atoms with Gasteiger partial charge in [0, 0.05) is 37.6 Å². The van der Waals surface area contributed by atoms with Gasteiger partial charge in [0.1, 0.15) is 11.5 Å². The highest BCUT2D eigenvalue weighted by Crippen LogP contribution is 2.21. The maximum Gasteiger partial charge on any atom is 0.228 e. The van der Waals surface area contributed by atoms with Crippen molar-refractivity contribution < 1.29 is 19.1 Å². The van der Waals surface area contributed by atoms with Crippen molar-refractivity contribution >= 4 is 23.2 Å². The van der Waals surface area contributed by atoms with Gasteiger partial charge in [-0.05, 0) is 59.7 Å². The Hall–Kier alpha value is -4.00. The van der Waals surface area contributed by atoms with Gasteiger partial charge in [0.05, 0.1) is 27.1 Å². The first-order valence-electron chi connectivity index (χ1n) is 11.7. The largest absolute Gasteiger partial charge is 0.497 e. The third kappa shape index (κ3) is 6.53. The summed E-state index contributed by atoms with van der Waals surface area (Å²) in [5.41, 5.74) is 3.77. The molecule has 1 fully saturated rings. The Labute approximate surface area is 206 Å². The van der Waals surface area contributed by atoms with E-state index in [1.807, 2.05) is 77.7 Å². The van der Waals surface area contributed by atoms with Gasteiger partial charge >= 0.3 is 0 Å². The molecule has 3 aromatic rings. The van der Waals surface area contributed by atoms with E-state index in [0.717, 1.165) is 47.1 Å². The predicted molar refractivity (Wildman–Crippen MR) is 137 cm³/mol. The van der Waals surface area contributed by atoms with Crippen LogP contribution >= 0.6 is 0 Å². The van der Waals surface area contributed by atoms with Crippen LogP contribution in [0.3, 0.4) is 0 Å². The molecule has 1 saturated heterocycles. The Balaban J connectivity index is 1.24. The van der Waals surface area contributed by atoms with Crippen molar-refractivity contribution in [3.8, 4) is 11.5 Å². The molecule has 0 aromatic heterocycles. The normalized spacial score (nSPS) is 13.3. The molecule has 4 rings (SSSR count). The Bertz CT molecular complexity index is 1120. The van der Waals surface area contributed by atoms with Crippen molar-refractivity contribution in [1.29, 1.82) is 0 Å². The molecule has 2 amide bonds. The van der Waals surface area contributed by atoms with Gasteiger partial charge in [-0.2, -0.15) is 0 Å². The lowest BCUT2D eigenvalue weighted by Gasteiger charge is -2.36. The smallest absolute Gasteiger partial charge is 0.228 e. The fourth-order valence-electron chi connectivity index (χ4n) is 4.13. The van der Waals surface area contributed by atoms with Crippen LogP contribution in [0.25, 0.3) is 0 Å². The van der Waals surface area contributed by atoms with Crippen LogP contribution in [0.2, 0.25) is 0 Å². The van der Waals surface area contributed by atoms with E-state index in [9.17, 15) is 9.59 Å². The van der Waals surface area contributed by atoms with E-state index in [0.29, 0.717) is 25.9 Å². The van der Waals surface area contributed by atoms with Gasteiger partial charge in [-0.3, -0.25) is 9.59 Å². The Morgan fingerprint density at radius 3 is 1.74 bits per heavy atom. The molecule has 0 unspecified atom stereocenters. The number of nitrogens with zero attached hydrogens (tertiary/aromatic N) is 2. The first kappa shape index (κ1) is 24.1. The molecule has 1 N–H and O–H groups in total. The second-order valence-electron chi connectivity index (χ2n) is 8.51. The van der Waals surface area contributed by atoms with Gasteiger partial charge < -0.3 is 24.6 Å². The number of methoxy groups -OCH3 is 2. The zero-order valence-corrected chi connectivity index (χ0v) is 20.2. The highest BCUT2D eigenvalue weighted by Gasteiger charge is 2.21. The summed E-state index contributed by atoms with van der Waals surface area (Å²) in [5, 5.41) is 2.95. The standard InChI is InChI=1S/C28H31N3O4/c1-34-25-11-3-21(4-12-25)19-27(32)29-23-7-9-24(10-8-23)30-15-17-31(18-16-30)28(33)20-22-5-13-26(35-2)14-6-22/h3-14H,15-20H2,1-2H3,(H,29,32). The zero-order valence-electron chi connectivity index (χ0n) is 20.2. The molecule has 182 valence electrons. The summed E-state index contributed by atoms with van der Waals surface area (Å²) in [6, 6.07) is 23.0. The molecule has 1 aliphatic heterocycles. The van der Waals surface area contributed by atoms with Crippen LogP contribution in [0.4, 0.5) is 11.4 Å². The third-order valence-electron chi connectivity index (χ3n) is 6.19. The fraction of sp³-hybridized carbons (Fsp3) is 0.286. The van der Waals surface area contributed by atoms with Gasteiger partial charge in [0.25, 0.3) is 0 Å². The lowest BCUT2D eigenvalue weighted by Crippen LogP contribution is -2.49. The number of hydrogen-bond donors (Lipinski definition) is 1. The maximum atomic E-state index is 12.7. The van der Waals surface area contributed by atoms with Crippen LogP contribution in [0, 0.1) is 0 Å². The molecule has 35 heavy (non-hydrogen) atoms. The van der Waals surface area contributed by atoms with Crippen LogP contribution in [-0.2, 0) is 22.4 Å². The molecule has 1 aliphatic rings. The quantitative estimate of drug-likeness (QED) is 0.539. The van der Waals surface area contributed by atoms with Crippen molar-refractivity contribution in [1.82, 2.24) is 4.90 Å². The van der Waals surface area contributed by atoms with Gasteiger partial charge in [-0.25, -0.2) is 0 Å². The van der Waals surface area contributed by atoms with E-state index in [4.69, 9.17) is 9.47 Å². The lowest BCUT2D eigenvalue weighted by molar-refractivity contribution is -0.130. The molecule has 0 saturated carbocycles. The number of nitrogens with one attached hydrogen (secondary N) is 1. The van der Waals surface area contributed by atoms with Crippen LogP contribution in [0.5, 0.6) is 11.5 Å². The molecular weight excluding hydrogens is 442 g/mol. The number of carbonyl (C=O) groups is 2. The third-order valence-corrected chi connectivity index (χ3v) is 6.19. The highest BCUT2D eigenvalue weighted by molar-refractivity contribution is 5.92. The minimum atomic E-state index is -0.0631. The summed E-state index contributed by atoms with van der Waals surface area (Å²) in [4.78, 5) is 29.3. The molecule has 0 radical (unpaired) electrons. The number of hydrogen-bond acceptors (Lipinski definition) is 5. The van der Waals surface area contributed by atoms with Gasteiger partial charge in [0.15, 0.2) is 0 Å². The predicted octanol–water partition coefficient (Wildman–Crippen LogP) is 3.78. The van der Waals surface area contributed by atoms with Gasteiger partial charge in [-0.15, -0.1) is 0 Å². The highest BCUT2D eigenvalue weighted by atomic mass is 16.5. The van der Waals surface area contributed by atoms with Crippen molar-refractivity contribution in [2.45, 2.75) is 12.8 Å². The van der Waals surface area contributed by atoms with Crippen LogP contribution in [0.15, 0.2) is 72.8 Å². The monoisotopic (exact) mass is 473 g/mol. The SMILES string of the molecule is COc1ccc(CC(=O)Nc2ccc(N3CCN(C(=O)Cc4ccc(OC)cc4)CC3)cc2)cc1. The number of benzene rings is 3. The van der Waals surface area contributed by atoms with Crippen molar-refractivity contribution in [3.05, 3.63) is 83.9 Å². The molecule has 0 aliphatic carbocycles. The first-order valence-corrected chi connectivity index (χ1v) is 11.7. The molecular formula is C28H31N3O4. The van der Waals surface area contributed by atoms with Crippen molar-refractivity contribution in [2.24, 2.45) is 0 Å². The zero-order chi connectivity index (χ0) is 24.6. The minimum Gasteiger partial charge on any atom is -0.497 e. The van der Waals surface area contributed by atoms with Crippen molar-refractivity contribution in [3.63, 3.8) is 0 Å². The van der Waals surface area contributed by atoms with Gasteiger partial charge in [-0.1, -0.05) is 24.3 Å². The van der Waals surface area contributed by atoms with E-state index in [-0.39, 0.29) is 11.8 Å². The molecule has 7 heteroatoms. The molecule has 0 atom stereocenters. The first-order chi connectivity index (χ1) is 17.0. The lowest BCUT2D eigenvalue weighted by atomic mass is 10.1. The molecule has 7 nitrogen and oxygen atoms in total. The molecule has 3 aromatic carbocycles. The molecule has 0 spiro atoms. The summed E-state index contributed by atoms with van der Waals surface area (Å²) in [7, 11) is 3.25. The summed E-state index contributed by atoms with van der Waals surface area (Å²) in [6.07, 6.45) is 0.702. The van der Waals surface area contributed by atoms with E-state index in [2.05, 4.69) is 10.2 Å². The average molecular weight is 474 g/mol. The van der Waals surface area contributed by atoms with Crippen LogP contribution < -0.4 is 19.7 Å². The van der Waals surface area contributed by atoms with E-state index in [1.165, 1.54) is 0 Å². The average Bonchev–Trinajstić information content (AvgIpc) is 2.90. The Morgan fingerprint density at radius 2 is 1.23 bits per heavy atom. The number of carbonyl (C=O) groups excluding carboxylic acids is 2. The molecule has 0 bridgehead atoms. The Kier molecular flexibility index (Phi) is 7.88. The number of ether oxygens (including phenoxy) is 2. The maximum absolute atomic E-state index is 12.7. The van der Waals surface area contributed by atoms with Crippen LogP contribution in [0.1, 0.15) is 11.1 Å². The minimum absolute atomic E-state index is 0.0631. The second-order valence-corrected chi connectivity index (χ2v) is 8.51. The summed E-state index contributed by atoms with van der Waals surface area (Å²) in [5.74, 6) is 1.64. The van der Waals surface area contributed by atoms with E-state index in [1.54, 1.807) is 14.2 Å². The Morgan fingerprint density at radius 1 is 0.714 bits per heavy atom. The topological polar surface area (TPSA) is 71.1 Å². The summed E-state index contributed by atoms with van der Waals surface area (Å²) in [6.45, 7) is 2.93. The second kappa shape index (κ2) is 11.4. The van der Waals surface area contributed by atoms with E-state index < -0.39 is 0 Å². The number of amides is 2. The number of rotatable bonds is 8. The summed E-state index contributed by atoms with van der Waals surface area (Å²) >= 11 is 0. The fourth-order valence-corrected chi connectivity index (χ4v) is 4.13. The van der Waals surface area contributed by atoms with Crippen molar-refractivity contribution in [2.75, 3.05) is 50.6 Å². The number of anilines is 2. The van der Waals surface area contributed by atoms with Crippen LogP contribution in [-0.4, -0.2) is 57.1 Å².